The highest BCUT2D eigenvalue weighted by Crippen LogP contribution is 2.27. The van der Waals surface area contributed by atoms with Crippen molar-refractivity contribution in [2.45, 2.75) is 66.3 Å². The van der Waals surface area contributed by atoms with Crippen LogP contribution in [0.5, 0.6) is 5.75 Å². The number of fused-ring (bicyclic) bond motifs is 1. The minimum atomic E-state index is -0.490. The number of hydrogen-bond donors (Lipinski definition) is 1. The second-order valence-electron chi connectivity index (χ2n) is 11.5. The highest BCUT2D eigenvalue weighted by atomic mass is 16.5. The van der Waals surface area contributed by atoms with Crippen molar-refractivity contribution >= 4 is 16.8 Å². The van der Waals surface area contributed by atoms with Gasteiger partial charge in [-0.2, -0.15) is 0 Å². The van der Waals surface area contributed by atoms with E-state index in [1.54, 1.807) is 6.07 Å². The number of aryl methyl sites for hydroxylation is 2. The molecule has 0 saturated heterocycles. The fourth-order valence-electron chi connectivity index (χ4n) is 4.89. The van der Waals surface area contributed by atoms with Crippen LogP contribution in [0.4, 0.5) is 0 Å². The molecule has 4 rings (SSSR count). The summed E-state index contributed by atoms with van der Waals surface area (Å²) in [5, 5.41) is 4.37. The van der Waals surface area contributed by atoms with Crippen LogP contribution >= 0.6 is 0 Å². The lowest BCUT2D eigenvalue weighted by molar-refractivity contribution is 0.0992. The predicted molar refractivity (Wildman–Crippen MR) is 167 cm³/mol. The van der Waals surface area contributed by atoms with Gasteiger partial charge in [0.25, 0.3) is 0 Å². The Hall–Kier alpha value is -3.96. The average Bonchev–Trinajstić information content (AvgIpc) is 2.94. The van der Waals surface area contributed by atoms with E-state index >= 15 is 0 Å². The fourth-order valence-corrected chi connectivity index (χ4v) is 4.89. The quantitative estimate of drug-likeness (QED) is 0.0848. The molecule has 0 amide bonds. The van der Waals surface area contributed by atoms with Crippen molar-refractivity contribution in [2.75, 3.05) is 13.2 Å². The minimum Gasteiger partial charge on any atom is -0.493 e. The summed E-state index contributed by atoms with van der Waals surface area (Å²) in [6, 6.07) is 21.7. The van der Waals surface area contributed by atoms with Crippen LogP contribution in [0.15, 0.2) is 87.6 Å². The van der Waals surface area contributed by atoms with Gasteiger partial charge in [-0.3, -0.25) is 4.79 Å². The van der Waals surface area contributed by atoms with Crippen LogP contribution in [-0.4, -0.2) is 18.9 Å². The van der Waals surface area contributed by atoms with E-state index in [1.807, 2.05) is 50.2 Å². The van der Waals surface area contributed by atoms with Crippen LogP contribution in [0.25, 0.3) is 11.0 Å². The summed E-state index contributed by atoms with van der Waals surface area (Å²) in [4.78, 5) is 26.0. The molecule has 1 heterocycles. The number of hydrogen-bond acceptors (Lipinski definition) is 5. The standard InChI is InChI=1S/C36H41NO4/c1-24(2)13-15-27-21-28(16-14-25(27)3)32(38)23-30-22-29-17-18-33(26(4)34(29)41-35(30)39)40-20-10-19-37-36(5,6)31-11-8-7-9-12-31/h7-9,11-14,16-18,21-22,37H,10,15,19-20,23H2,1-6H3. The second-order valence-corrected chi connectivity index (χ2v) is 11.5. The minimum absolute atomic E-state index is 0.00690. The third-order valence-electron chi connectivity index (χ3n) is 7.57. The monoisotopic (exact) mass is 551 g/mol. The lowest BCUT2D eigenvalue weighted by atomic mass is 9.94. The molecule has 1 N–H and O–H groups in total. The predicted octanol–water partition coefficient (Wildman–Crippen LogP) is 7.64. The lowest BCUT2D eigenvalue weighted by Crippen LogP contribution is -2.37. The third kappa shape index (κ3) is 7.62. The first-order valence-corrected chi connectivity index (χ1v) is 14.3. The Labute approximate surface area is 243 Å². The molecule has 214 valence electrons. The van der Waals surface area contributed by atoms with Crippen molar-refractivity contribution in [3.8, 4) is 5.75 Å². The number of nitrogens with one attached hydrogen (secondary N) is 1. The molecule has 0 unspecified atom stereocenters. The van der Waals surface area contributed by atoms with Crippen LogP contribution in [0.3, 0.4) is 0 Å². The van der Waals surface area contributed by atoms with E-state index in [0.29, 0.717) is 29.1 Å². The topological polar surface area (TPSA) is 68.5 Å². The average molecular weight is 552 g/mol. The van der Waals surface area contributed by atoms with Crippen molar-refractivity contribution in [2.24, 2.45) is 0 Å². The molecule has 1 aromatic heterocycles. The van der Waals surface area contributed by atoms with Crippen molar-refractivity contribution in [3.05, 3.63) is 122 Å². The maximum atomic E-state index is 13.1. The normalized spacial score (nSPS) is 11.5. The number of carbonyl (C=O) groups excluding carboxylic acids is 1. The molecule has 0 bridgehead atoms. The smallest absolute Gasteiger partial charge is 0.339 e. The van der Waals surface area contributed by atoms with E-state index in [-0.39, 0.29) is 17.7 Å². The molecule has 0 fully saturated rings. The van der Waals surface area contributed by atoms with Gasteiger partial charge in [0.15, 0.2) is 5.78 Å². The van der Waals surface area contributed by atoms with Crippen LogP contribution in [0.1, 0.15) is 72.3 Å². The fraction of sp³-hybridized carbons (Fsp3) is 0.333. The number of benzene rings is 3. The number of carbonyl (C=O) groups is 1. The van der Waals surface area contributed by atoms with E-state index in [2.05, 4.69) is 63.4 Å². The van der Waals surface area contributed by atoms with Gasteiger partial charge in [-0.05, 0) is 102 Å². The number of ether oxygens (including phenoxy) is 1. The van der Waals surface area contributed by atoms with Crippen LogP contribution in [-0.2, 0) is 18.4 Å². The summed E-state index contributed by atoms with van der Waals surface area (Å²) < 4.78 is 11.8. The highest BCUT2D eigenvalue weighted by Gasteiger charge is 2.19. The van der Waals surface area contributed by atoms with Crippen molar-refractivity contribution in [1.29, 1.82) is 0 Å². The number of rotatable bonds is 12. The Kier molecular flexibility index (Phi) is 9.61. The first-order valence-electron chi connectivity index (χ1n) is 14.3. The third-order valence-corrected chi connectivity index (χ3v) is 7.57. The van der Waals surface area contributed by atoms with Gasteiger partial charge in [-0.25, -0.2) is 4.79 Å². The molecule has 0 atom stereocenters. The summed E-state index contributed by atoms with van der Waals surface area (Å²) in [5.41, 5.74) is 6.34. The second kappa shape index (κ2) is 13.1. The Balaban J connectivity index is 1.40. The van der Waals surface area contributed by atoms with E-state index < -0.39 is 5.63 Å². The van der Waals surface area contributed by atoms with Gasteiger partial charge in [0, 0.05) is 34.0 Å². The molecule has 0 radical (unpaired) electrons. The zero-order chi connectivity index (χ0) is 29.6. The molecular formula is C36H41NO4. The molecule has 41 heavy (non-hydrogen) atoms. The zero-order valence-corrected chi connectivity index (χ0v) is 25.1. The maximum Gasteiger partial charge on any atom is 0.339 e. The maximum absolute atomic E-state index is 13.1. The Morgan fingerprint density at radius 2 is 1.73 bits per heavy atom. The van der Waals surface area contributed by atoms with Crippen molar-refractivity contribution in [3.63, 3.8) is 0 Å². The van der Waals surface area contributed by atoms with E-state index in [0.717, 1.165) is 41.5 Å². The molecule has 0 aliphatic carbocycles. The Morgan fingerprint density at radius 3 is 2.46 bits per heavy atom. The summed E-state index contributed by atoms with van der Waals surface area (Å²) in [6.45, 7) is 13.7. The molecule has 0 spiro atoms. The van der Waals surface area contributed by atoms with E-state index in [1.165, 1.54) is 11.1 Å². The SMILES string of the molecule is CC(C)=CCc1cc(C(=O)Cc2cc3ccc(OCCCNC(C)(C)c4ccccc4)c(C)c3oc2=O)ccc1C. The molecule has 0 aliphatic heterocycles. The number of Topliss-reactive ketones (excluding diaryl/α,β-unsaturated/α-hetero) is 1. The summed E-state index contributed by atoms with van der Waals surface area (Å²) in [5.74, 6) is 0.589. The van der Waals surface area contributed by atoms with Gasteiger partial charge >= 0.3 is 5.63 Å². The zero-order valence-electron chi connectivity index (χ0n) is 25.1. The number of ketones is 1. The first-order chi connectivity index (χ1) is 19.5. The van der Waals surface area contributed by atoms with E-state index in [9.17, 15) is 9.59 Å². The molecule has 0 aliphatic rings. The molecule has 0 saturated carbocycles. The molecule has 3 aromatic carbocycles. The van der Waals surface area contributed by atoms with Gasteiger partial charge in [0.05, 0.1) is 6.61 Å². The van der Waals surface area contributed by atoms with Crippen LogP contribution < -0.4 is 15.7 Å². The summed E-state index contributed by atoms with van der Waals surface area (Å²) >= 11 is 0. The van der Waals surface area contributed by atoms with Crippen molar-refractivity contribution in [1.82, 2.24) is 5.32 Å². The van der Waals surface area contributed by atoms with Gasteiger partial charge in [0.2, 0.25) is 0 Å². The van der Waals surface area contributed by atoms with Crippen LogP contribution in [0.2, 0.25) is 0 Å². The molecule has 5 heteroatoms. The molecule has 5 nitrogen and oxygen atoms in total. The number of allylic oxidation sites excluding steroid dienone is 2. The largest absolute Gasteiger partial charge is 0.493 e. The Morgan fingerprint density at radius 1 is 0.976 bits per heavy atom. The van der Waals surface area contributed by atoms with E-state index in [4.69, 9.17) is 9.15 Å². The first kappa shape index (κ1) is 30.0. The summed E-state index contributed by atoms with van der Waals surface area (Å²) in [6.07, 6.45) is 3.75. The summed E-state index contributed by atoms with van der Waals surface area (Å²) in [7, 11) is 0. The Bertz CT molecular complexity index is 1610. The van der Waals surface area contributed by atoms with Crippen LogP contribution in [0, 0.1) is 13.8 Å². The highest BCUT2D eigenvalue weighted by molar-refractivity contribution is 5.98. The van der Waals surface area contributed by atoms with Gasteiger partial charge in [0.1, 0.15) is 11.3 Å². The van der Waals surface area contributed by atoms with Gasteiger partial charge < -0.3 is 14.5 Å². The van der Waals surface area contributed by atoms with Gasteiger partial charge in [-0.15, -0.1) is 0 Å². The van der Waals surface area contributed by atoms with Crippen molar-refractivity contribution < 1.29 is 13.9 Å². The molecule has 4 aromatic rings. The molecular weight excluding hydrogens is 510 g/mol. The van der Waals surface area contributed by atoms with Gasteiger partial charge in [-0.1, -0.05) is 54.1 Å². The lowest BCUT2D eigenvalue weighted by Gasteiger charge is -2.27.